The maximum atomic E-state index is 12.3. The number of amides is 1. The molecule has 0 radical (unpaired) electrons. The van der Waals surface area contributed by atoms with Gasteiger partial charge in [0.2, 0.25) is 0 Å². The van der Waals surface area contributed by atoms with Crippen LogP contribution in [-0.4, -0.2) is 46.1 Å². The van der Waals surface area contributed by atoms with Gasteiger partial charge in [-0.25, -0.2) is 4.98 Å². The molecule has 2 atom stereocenters. The van der Waals surface area contributed by atoms with Gasteiger partial charge in [-0.1, -0.05) is 0 Å². The molecule has 2 rings (SSSR count). The van der Waals surface area contributed by atoms with Gasteiger partial charge in [0.05, 0.1) is 0 Å². The zero-order valence-electron chi connectivity index (χ0n) is 10.5. The van der Waals surface area contributed by atoms with Crippen molar-refractivity contribution in [2.75, 3.05) is 13.1 Å². The summed E-state index contributed by atoms with van der Waals surface area (Å²) in [6.07, 6.45) is 1.52. The highest BCUT2D eigenvalue weighted by molar-refractivity contribution is 5.95. The van der Waals surface area contributed by atoms with Gasteiger partial charge in [0, 0.05) is 31.4 Å². The average Bonchev–Trinajstić information content (AvgIpc) is 2.32. The van der Waals surface area contributed by atoms with Crippen LogP contribution in [0.4, 0.5) is 0 Å². The van der Waals surface area contributed by atoms with E-state index in [2.05, 4.69) is 10.3 Å². The maximum absolute atomic E-state index is 12.3. The van der Waals surface area contributed by atoms with Crippen LogP contribution in [0, 0.1) is 0 Å². The standard InChI is InChI=1S/C12H17N3O2.ClH/c1-8-7-15(9(2)6-14-8)12(17)11-10(16)4-3-5-13-11;/h3-5,8-9,14,16H,6-7H2,1-2H3;1H. The molecule has 1 aromatic heterocycles. The molecule has 18 heavy (non-hydrogen) atoms. The second-order valence-electron chi connectivity index (χ2n) is 4.49. The van der Waals surface area contributed by atoms with Crippen LogP contribution in [0.15, 0.2) is 18.3 Å². The van der Waals surface area contributed by atoms with Crippen molar-refractivity contribution in [3.8, 4) is 5.75 Å². The Kier molecular flexibility index (Phi) is 4.93. The molecule has 5 nitrogen and oxygen atoms in total. The van der Waals surface area contributed by atoms with Crippen molar-refractivity contribution in [3.63, 3.8) is 0 Å². The fraction of sp³-hybridized carbons (Fsp3) is 0.500. The molecule has 1 saturated heterocycles. The fourth-order valence-electron chi connectivity index (χ4n) is 2.00. The van der Waals surface area contributed by atoms with Gasteiger partial charge in [-0.3, -0.25) is 4.79 Å². The lowest BCUT2D eigenvalue weighted by atomic mass is 10.1. The Labute approximate surface area is 113 Å². The molecule has 2 heterocycles. The number of pyridine rings is 1. The predicted octanol–water partition coefficient (Wildman–Crippen LogP) is 1.03. The smallest absolute Gasteiger partial charge is 0.276 e. The average molecular weight is 272 g/mol. The van der Waals surface area contributed by atoms with Crippen LogP contribution in [0.2, 0.25) is 0 Å². The van der Waals surface area contributed by atoms with Gasteiger partial charge in [-0.15, -0.1) is 12.4 Å². The minimum atomic E-state index is -0.205. The first kappa shape index (κ1) is 14.7. The van der Waals surface area contributed by atoms with Crippen molar-refractivity contribution in [1.82, 2.24) is 15.2 Å². The fourth-order valence-corrected chi connectivity index (χ4v) is 2.00. The van der Waals surface area contributed by atoms with Gasteiger partial charge in [0.15, 0.2) is 5.69 Å². The van der Waals surface area contributed by atoms with Crippen LogP contribution in [0.1, 0.15) is 24.3 Å². The quantitative estimate of drug-likeness (QED) is 0.801. The van der Waals surface area contributed by atoms with Gasteiger partial charge in [0.1, 0.15) is 5.75 Å². The number of aromatic nitrogens is 1. The lowest BCUT2D eigenvalue weighted by molar-refractivity contribution is 0.0607. The molecule has 0 aliphatic carbocycles. The highest BCUT2D eigenvalue weighted by Crippen LogP contribution is 2.18. The molecule has 0 saturated carbocycles. The van der Waals surface area contributed by atoms with Crippen LogP contribution in [0.5, 0.6) is 5.75 Å². The highest BCUT2D eigenvalue weighted by atomic mass is 35.5. The predicted molar refractivity (Wildman–Crippen MR) is 71.1 cm³/mol. The first-order valence-electron chi connectivity index (χ1n) is 5.78. The zero-order chi connectivity index (χ0) is 12.4. The summed E-state index contributed by atoms with van der Waals surface area (Å²) in [5.41, 5.74) is 0.133. The third-order valence-corrected chi connectivity index (χ3v) is 3.01. The number of carbonyl (C=O) groups excluding carboxylic acids is 1. The Hall–Kier alpha value is -1.33. The summed E-state index contributed by atoms with van der Waals surface area (Å²) in [5, 5.41) is 12.9. The Morgan fingerprint density at radius 2 is 2.28 bits per heavy atom. The molecule has 1 amide bonds. The van der Waals surface area contributed by atoms with Gasteiger partial charge in [0.25, 0.3) is 5.91 Å². The van der Waals surface area contributed by atoms with Crippen molar-refractivity contribution >= 4 is 18.3 Å². The monoisotopic (exact) mass is 271 g/mol. The Bertz CT molecular complexity index is 428. The van der Waals surface area contributed by atoms with E-state index < -0.39 is 0 Å². The van der Waals surface area contributed by atoms with Crippen LogP contribution in [0.3, 0.4) is 0 Å². The molecule has 100 valence electrons. The van der Waals surface area contributed by atoms with Crippen molar-refractivity contribution in [2.24, 2.45) is 0 Å². The molecular formula is C12H18ClN3O2. The zero-order valence-corrected chi connectivity index (χ0v) is 11.3. The van der Waals surface area contributed by atoms with E-state index in [0.717, 1.165) is 6.54 Å². The van der Waals surface area contributed by atoms with Gasteiger partial charge < -0.3 is 15.3 Å². The summed E-state index contributed by atoms with van der Waals surface area (Å²) in [6, 6.07) is 3.47. The second-order valence-corrected chi connectivity index (χ2v) is 4.49. The molecule has 1 aliphatic heterocycles. The first-order valence-corrected chi connectivity index (χ1v) is 5.78. The largest absolute Gasteiger partial charge is 0.505 e. The minimum absolute atomic E-state index is 0. The number of halogens is 1. The molecule has 2 unspecified atom stereocenters. The number of hydrogen-bond donors (Lipinski definition) is 2. The maximum Gasteiger partial charge on any atom is 0.276 e. The summed E-state index contributed by atoms with van der Waals surface area (Å²) >= 11 is 0. The number of carbonyl (C=O) groups is 1. The van der Waals surface area contributed by atoms with Gasteiger partial charge >= 0.3 is 0 Å². The van der Waals surface area contributed by atoms with Crippen molar-refractivity contribution in [1.29, 1.82) is 0 Å². The van der Waals surface area contributed by atoms with Gasteiger partial charge in [-0.2, -0.15) is 0 Å². The lowest BCUT2D eigenvalue weighted by Crippen LogP contribution is -2.56. The van der Waals surface area contributed by atoms with Crippen molar-refractivity contribution in [3.05, 3.63) is 24.0 Å². The molecule has 2 N–H and O–H groups in total. The number of nitrogens with zero attached hydrogens (tertiary/aromatic N) is 2. The highest BCUT2D eigenvalue weighted by Gasteiger charge is 2.29. The van der Waals surface area contributed by atoms with Crippen molar-refractivity contribution < 1.29 is 9.90 Å². The SMILES string of the molecule is CC1CN(C(=O)c2ncccc2O)C(C)CN1.Cl. The topological polar surface area (TPSA) is 65.5 Å². The van der Waals surface area contributed by atoms with Crippen LogP contribution >= 0.6 is 12.4 Å². The Morgan fingerprint density at radius 1 is 1.56 bits per heavy atom. The molecule has 1 fully saturated rings. The first-order chi connectivity index (χ1) is 8.09. The lowest BCUT2D eigenvalue weighted by Gasteiger charge is -2.37. The third-order valence-electron chi connectivity index (χ3n) is 3.01. The van der Waals surface area contributed by atoms with E-state index in [0.29, 0.717) is 6.54 Å². The summed E-state index contributed by atoms with van der Waals surface area (Å²) < 4.78 is 0. The number of rotatable bonds is 1. The Balaban J connectivity index is 0.00000162. The van der Waals surface area contributed by atoms with Crippen LogP contribution in [0.25, 0.3) is 0 Å². The van der Waals surface area contributed by atoms with Crippen molar-refractivity contribution in [2.45, 2.75) is 25.9 Å². The summed E-state index contributed by atoms with van der Waals surface area (Å²) in [4.78, 5) is 18.0. The number of hydrogen-bond acceptors (Lipinski definition) is 4. The molecule has 6 heteroatoms. The number of aromatic hydroxyl groups is 1. The normalized spacial score (nSPS) is 23.3. The number of piperazine rings is 1. The molecular weight excluding hydrogens is 254 g/mol. The van der Waals surface area contributed by atoms with Gasteiger partial charge in [-0.05, 0) is 26.0 Å². The van der Waals surface area contributed by atoms with E-state index in [1.165, 1.54) is 12.3 Å². The summed E-state index contributed by atoms with van der Waals surface area (Å²) in [7, 11) is 0. The molecule has 1 aromatic rings. The Morgan fingerprint density at radius 3 is 2.94 bits per heavy atom. The summed E-state index contributed by atoms with van der Waals surface area (Å²) in [5.74, 6) is -0.264. The summed E-state index contributed by atoms with van der Waals surface area (Å²) in [6.45, 7) is 5.41. The van der Waals surface area contributed by atoms with E-state index in [1.54, 1.807) is 11.0 Å². The number of nitrogens with one attached hydrogen (secondary N) is 1. The van der Waals surface area contributed by atoms with Crippen LogP contribution < -0.4 is 5.32 Å². The molecule has 1 aliphatic rings. The van der Waals surface area contributed by atoms with E-state index >= 15 is 0 Å². The van der Waals surface area contributed by atoms with Crippen LogP contribution in [-0.2, 0) is 0 Å². The van der Waals surface area contributed by atoms with E-state index in [-0.39, 0.29) is 41.8 Å². The van der Waals surface area contributed by atoms with E-state index in [1.807, 2.05) is 13.8 Å². The van der Waals surface area contributed by atoms with E-state index in [9.17, 15) is 9.90 Å². The minimum Gasteiger partial charge on any atom is -0.505 e. The molecule has 0 aromatic carbocycles. The second kappa shape index (κ2) is 6.02. The molecule has 0 bridgehead atoms. The third kappa shape index (κ3) is 2.91. The van der Waals surface area contributed by atoms with E-state index in [4.69, 9.17) is 0 Å². The molecule has 0 spiro atoms.